The van der Waals surface area contributed by atoms with Crippen LogP contribution in [0.1, 0.15) is 23.6 Å². The first kappa shape index (κ1) is 19.1. The Morgan fingerprint density at radius 2 is 1.96 bits per heavy atom. The number of halogens is 1. The van der Waals surface area contributed by atoms with Gasteiger partial charge in [0.05, 0.1) is 5.71 Å². The van der Waals surface area contributed by atoms with Crippen LogP contribution in [0.25, 0.3) is 0 Å². The molecule has 1 aliphatic rings. The highest BCUT2D eigenvalue weighted by Crippen LogP contribution is 2.15. The van der Waals surface area contributed by atoms with Crippen molar-refractivity contribution in [1.29, 1.82) is 0 Å². The third-order valence-corrected chi connectivity index (χ3v) is 4.73. The van der Waals surface area contributed by atoms with Crippen molar-refractivity contribution >= 4 is 23.2 Å². The molecule has 0 saturated carbocycles. The maximum Gasteiger partial charge on any atom is 0.241 e. The fourth-order valence-corrected chi connectivity index (χ4v) is 2.94. The molecule has 2 aromatic rings. The van der Waals surface area contributed by atoms with Crippen LogP contribution in [0, 0.1) is 0 Å². The van der Waals surface area contributed by atoms with Gasteiger partial charge in [0.15, 0.2) is 6.23 Å². The first-order chi connectivity index (χ1) is 13.1. The molecule has 140 valence electrons. The Bertz CT molecular complexity index is 862. The molecular formula is C21H22ClN3O2. The van der Waals surface area contributed by atoms with Crippen LogP contribution in [0.5, 0.6) is 0 Å². The second-order valence-electron chi connectivity index (χ2n) is 6.27. The van der Waals surface area contributed by atoms with Gasteiger partial charge < -0.3 is 10.4 Å². The van der Waals surface area contributed by atoms with Crippen LogP contribution >= 0.6 is 11.6 Å². The summed E-state index contributed by atoms with van der Waals surface area (Å²) in [6, 6.07) is 15.4. The Labute approximate surface area is 164 Å². The second-order valence-corrected chi connectivity index (χ2v) is 6.68. The lowest BCUT2D eigenvalue weighted by atomic mass is 10.1. The van der Waals surface area contributed by atoms with Crippen molar-refractivity contribution in [1.82, 2.24) is 10.3 Å². The zero-order valence-corrected chi connectivity index (χ0v) is 15.9. The van der Waals surface area contributed by atoms with E-state index in [0.29, 0.717) is 17.3 Å². The van der Waals surface area contributed by atoms with E-state index in [-0.39, 0.29) is 12.5 Å². The van der Waals surface area contributed by atoms with E-state index in [4.69, 9.17) is 11.6 Å². The van der Waals surface area contributed by atoms with Crippen molar-refractivity contribution < 1.29 is 9.90 Å². The lowest BCUT2D eigenvalue weighted by Crippen LogP contribution is -2.41. The number of rotatable bonds is 6. The van der Waals surface area contributed by atoms with Crippen molar-refractivity contribution in [3.05, 3.63) is 82.4 Å². The number of hydrogen-bond acceptors (Lipinski definition) is 4. The zero-order valence-electron chi connectivity index (χ0n) is 15.1. The predicted molar refractivity (Wildman–Crippen MR) is 108 cm³/mol. The van der Waals surface area contributed by atoms with Gasteiger partial charge in [0.25, 0.3) is 0 Å². The van der Waals surface area contributed by atoms with Gasteiger partial charge in [-0.3, -0.25) is 9.80 Å². The number of allylic oxidation sites excluding steroid dienone is 1. The Balaban J connectivity index is 1.64. The van der Waals surface area contributed by atoms with E-state index < -0.39 is 6.23 Å². The molecule has 1 heterocycles. The molecule has 0 aliphatic carbocycles. The minimum atomic E-state index is -0.935. The van der Waals surface area contributed by atoms with E-state index in [9.17, 15) is 9.90 Å². The summed E-state index contributed by atoms with van der Waals surface area (Å²) in [5.41, 5.74) is 3.74. The molecule has 2 aromatic carbocycles. The van der Waals surface area contributed by atoms with E-state index in [1.807, 2.05) is 30.3 Å². The van der Waals surface area contributed by atoms with Gasteiger partial charge in [0.2, 0.25) is 5.91 Å². The summed E-state index contributed by atoms with van der Waals surface area (Å²) in [6.45, 7) is 2.38. The third kappa shape index (κ3) is 4.96. The molecule has 0 spiro atoms. The number of amides is 1. The number of aryl methyl sites for hydroxylation is 1. The van der Waals surface area contributed by atoms with E-state index >= 15 is 0 Å². The van der Waals surface area contributed by atoms with Gasteiger partial charge in [-0.25, -0.2) is 0 Å². The molecule has 1 amide bonds. The topological polar surface area (TPSA) is 64.9 Å². The lowest BCUT2D eigenvalue weighted by molar-refractivity contribution is -0.124. The number of nitrogens with one attached hydrogen (secondary N) is 1. The molecule has 0 bridgehead atoms. The number of aliphatic hydroxyl groups excluding tert-OH is 1. The van der Waals surface area contributed by atoms with Gasteiger partial charge >= 0.3 is 0 Å². The average Bonchev–Trinajstić information content (AvgIpc) is 2.69. The highest BCUT2D eigenvalue weighted by Gasteiger charge is 2.19. The van der Waals surface area contributed by atoms with Crippen LogP contribution < -0.4 is 5.32 Å². The molecule has 0 saturated heterocycles. The molecule has 0 fully saturated rings. The van der Waals surface area contributed by atoms with Crippen LogP contribution in [-0.2, 0) is 17.8 Å². The monoisotopic (exact) mass is 383 g/mol. The summed E-state index contributed by atoms with van der Waals surface area (Å²) in [5.74, 6) is -0.242. The van der Waals surface area contributed by atoms with Crippen molar-refractivity contribution in [2.24, 2.45) is 5.10 Å². The van der Waals surface area contributed by atoms with Gasteiger partial charge in [-0.2, -0.15) is 5.10 Å². The summed E-state index contributed by atoms with van der Waals surface area (Å²) >= 11 is 6.10. The normalized spacial score (nSPS) is 16.2. The van der Waals surface area contributed by atoms with Gasteiger partial charge in [0, 0.05) is 17.1 Å². The molecule has 3 rings (SSSR count). The molecule has 1 unspecified atom stereocenters. The van der Waals surface area contributed by atoms with Crippen LogP contribution in [0.4, 0.5) is 0 Å². The van der Waals surface area contributed by atoms with Gasteiger partial charge in [-0.05, 0) is 35.8 Å². The Kier molecular flexibility index (Phi) is 6.27. The number of carbonyl (C=O) groups is 1. The molecule has 2 N–H and O–H groups in total. The van der Waals surface area contributed by atoms with E-state index in [2.05, 4.69) is 29.5 Å². The minimum absolute atomic E-state index is 0.0491. The lowest BCUT2D eigenvalue weighted by Gasteiger charge is -2.26. The number of nitrogens with zero attached hydrogens (tertiary/aromatic N) is 2. The summed E-state index contributed by atoms with van der Waals surface area (Å²) in [4.78, 5) is 12.3. The molecule has 6 heteroatoms. The van der Waals surface area contributed by atoms with Crippen LogP contribution in [0.2, 0.25) is 5.02 Å². The molecule has 0 aromatic heterocycles. The number of benzene rings is 2. The third-order valence-electron chi connectivity index (χ3n) is 4.37. The quantitative estimate of drug-likeness (QED) is 0.805. The SMILES string of the molecule is CCc1ccc(C2=NN(CC(=O)NCc3ccccc3Cl)C(O)C=C2)cc1. The highest BCUT2D eigenvalue weighted by atomic mass is 35.5. The molecule has 1 aliphatic heterocycles. The van der Waals surface area contributed by atoms with Crippen LogP contribution in [-0.4, -0.2) is 34.5 Å². The number of carbonyl (C=O) groups excluding carboxylic acids is 1. The standard InChI is InChI=1S/C21H22ClN3O2/c1-2-15-7-9-16(10-8-15)19-11-12-21(27)25(24-19)14-20(26)23-13-17-5-3-4-6-18(17)22/h3-12,21,27H,2,13-14H2,1H3,(H,23,26). The maximum atomic E-state index is 12.3. The number of hydrazone groups is 1. The smallest absolute Gasteiger partial charge is 0.241 e. The first-order valence-electron chi connectivity index (χ1n) is 8.87. The van der Waals surface area contributed by atoms with Crippen molar-refractivity contribution in [2.45, 2.75) is 26.1 Å². The average molecular weight is 384 g/mol. The van der Waals surface area contributed by atoms with Crippen molar-refractivity contribution in [3.8, 4) is 0 Å². The Morgan fingerprint density at radius 1 is 1.22 bits per heavy atom. The van der Waals surface area contributed by atoms with E-state index in [1.165, 1.54) is 10.6 Å². The van der Waals surface area contributed by atoms with Crippen molar-refractivity contribution in [2.75, 3.05) is 6.54 Å². The van der Waals surface area contributed by atoms with Crippen LogP contribution in [0.15, 0.2) is 65.8 Å². The molecule has 5 nitrogen and oxygen atoms in total. The van der Waals surface area contributed by atoms with E-state index in [1.54, 1.807) is 18.2 Å². The summed E-state index contributed by atoms with van der Waals surface area (Å²) in [6.07, 6.45) is 3.43. The summed E-state index contributed by atoms with van der Waals surface area (Å²) in [7, 11) is 0. The predicted octanol–water partition coefficient (Wildman–Crippen LogP) is 3.11. The summed E-state index contributed by atoms with van der Waals surface area (Å²) in [5, 5.41) is 19.3. The largest absolute Gasteiger partial charge is 0.369 e. The minimum Gasteiger partial charge on any atom is -0.369 e. The van der Waals surface area contributed by atoms with E-state index in [0.717, 1.165) is 17.5 Å². The molecular weight excluding hydrogens is 362 g/mol. The van der Waals surface area contributed by atoms with Crippen LogP contribution in [0.3, 0.4) is 0 Å². The summed E-state index contributed by atoms with van der Waals surface area (Å²) < 4.78 is 0. The fourth-order valence-electron chi connectivity index (χ4n) is 2.74. The van der Waals surface area contributed by atoms with Crippen molar-refractivity contribution in [3.63, 3.8) is 0 Å². The number of aliphatic hydroxyl groups is 1. The highest BCUT2D eigenvalue weighted by molar-refractivity contribution is 6.31. The molecule has 1 atom stereocenters. The second kappa shape index (κ2) is 8.84. The molecule has 0 radical (unpaired) electrons. The molecule has 27 heavy (non-hydrogen) atoms. The van der Waals surface area contributed by atoms with Gasteiger partial charge in [0.1, 0.15) is 6.54 Å². The zero-order chi connectivity index (χ0) is 19.2. The maximum absolute atomic E-state index is 12.3. The fraction of sp³-hybridized carbons (Fsp3) is 0.238. The van der Waals surface area contributed by atoms with Gasteiger partial charge in [-0.1, -0.05) is 61.0 Å². The first-order valence-corrected chi connectivity index (χ1v) is 9.25. The Hall–Kier alpha value is -2.63. The Morgan fingerprint density at radius 3 is 2.67 bits per heavy atom. The number of hydrogen-bond donors (Lipinski definition) is 2. The van der Waals surface area contributed by atoms with Gasteiger partial charge in [-0.15, -0.1) is 0 Å².